The fourth-order valence-electron chi connectivity index (χ4n) is 0.861. The van der Waals surface area contributed by atoms with Crippen LogP contribution in [0.3, 0.4) is 0 Å². The monoisotopic (exact) mass is 316 g/mol. The van der Waals surface area contributed by atoms with E-state index in [4.69, 9.17) is 9.63 Å². The predicted octanol–water partition coefficient (Wildman–Crippen LogP) is 3.24. The molecule has 0 aromatic heterocycles. The number of hydrogen-bond acceptors (Lipinski definition) is 3. The maximum absolute atomic E-state index is 12.1. The highest BCUT2D eigenvalue weighted by atomic mass is 79.9. The molecule has 0 bridgehead atoms. The van der Waals surface area contributed by atoms with Gasteiger partial charge in [0.1, 0.15) is 11.5 Å². The largest absolute Gasteiger partial charge is 0.497 e. The van der Waals surface area contributed by atoms with Gasteiger partial charge in [-0.25, -0.2) is 4.57 Å². The van der Waals surface area contributed by atoms with Gasteiger partial charge in [0.25, 0.3) is 0 Å². The van der Waals surface area contributed by atoms with Crippen LogP contribution < -0.4 is 9.26 Å². The summed E-state index contributed by atoms with van der Waals surface area (Å²) in [6, 6.07) is 4.23. The van der Waals surface area contributed by atoms with Crippen molar-refractivity contribution in [2.45, 2.75) is 6.17 Å². The molecule has 0 fully saturated rings. The summed E-state index contributed by atoms with van der Waals surface area (Å²) < 4.78 is 44.7. The molecule has 1 atom stereocenters. The summed E-state index contributed by atoms with van der Waals surface area (Å²) in [6.45, 7) is 0. The maximum Gasteiger partial charge on any atom is 0.442 e. The van der Waals surface area contributed by atoms with E-state index in [9.17, 15) is 13.3 Å². The van der Waals surface area contributed by atoms with Gasteiger partial charge < -0.3 is 14.2 Å². The molecule has 16 heavy (non-hydrogen) atoms. The molecule has 1 aromatic rings. The lowest BCUT2D eigenvalue weighted by atomic mass is 10.3. The van der Waals surface area contributed by atoms with Crippen molar-refractivity contribution in [1.29, 1.82) is 0 Å². The van der Waals surface area contributed by atoms with Crippen LogP contribution >= 0.6 is 23.5 Å². The van der Waals surface area contributed by atoms with Gasteiger partial charge in [-0.15, -0.1) is 0 Å². The van der Waals surface area contributed by atoms with E-state index in [1.807, 2.05) is 0 Å². The number of benzene rings is 1. The van der Waals surface area contributed by atoms with Gasteiger partial charge in [-0.1, -0.05) is 0 Å². The van der Waals surface area contributed by atoms with Crippen LogP contribution in [0, 0.1) is 0 Å². The van der Waals surface area contributed by atoms with E-state index in [0.29, 0.717) is 5.75 Å². The third kappa shape index (κ3) is 3.17. The summed E-state index contributed by atoms with van der Waals surface area (Å²) in [6.07, 6.45) is -3.45. The van der Waals surface area contributed by atoms with E-state index in [-0.39, 0.29) is 10.2 Å². The molecule has 1 unspecified atom stereocenters. The highest BCUT2D eigenvalue weighted by Crippen LogP contribution is 2.50. The highest BCUT2D eigenvalue weighted by Gasteiger charge is 2.34. The molecule has 0 aliphatic carbocycles. The normalized spacial score (nSPS) is 14.6. The van der Waals surface area contributed by atoms with Gasteiger partial charge in [0, 0.05) is 6.07 Å². The van der Waals surface area contributed by atoms with Crippen LogP contribution in [-0.2, 0) is 4.57 Å². The van der Waals surface area contributed by atoms with Gasteiger partial charge in [0.15, 0.2) is 0 Å². The number of halogens is 3. The van der Waals surface area contributed by atoms with Gasteiger partial charge >= 0.3 is 13.8 Å². The van der Waals surface area contributed by atoms with Crippen molar-refractivity contribution in [2.24, 2.45) is 0 Å². The fourth-order valence-corrected chi connectivity index (χ4v) is 1.83. The molecule has 0 amide bonds. The SMILES string of the molecule is COc1ccc(Br)c(OP(=O)(O)C(F)F)c1. The Labute approximate surface area is 98.8 Å². The third-order valence-corrected chi connectivity index (χ3v) is 3.22. The molecule has 0 aliphatic rings. The standard InChI is InChI=1S/C8H8BrF2O4P/c1-14-5-2-3-6(9)7(4-5)15-16(12,13)8(10)11/h2-4,8H,1H3,(H,12,13). The van der Waals surface area contributed by atoms with Crippen LogP contribution in [0.2, 0.25) is 0 Å². The molecule has 1 rings (SSSR count). The molecule has 90 valence electrons. The summed E-state index contributed by atoms with van der Waals surface area (Å²) in [7, 11) is -3.59. The van der Waals surface area contributed by atoms with E-state index in [2.05, 4.69) is 20.5 Å². The summed E-state index contributed by atoms with van der Waals surface area (Å²) in [4.78, 5) is 8.85. The average Bonchev–Trinajstić information content (AvgIpc) is 2.21. The van der Waals surface area contributed by atoms with E-state index in [1.165, 1.54) is 19.2 Å². The lowest BCUT2D eigenvalue weighted by Gasteiger charge is -2.14. The smallest absolute Gasteiger partial charge is 0.442 e. The van der Waals surface area contributed by atoms with Crippen molar-refractivity contribution >= 4 is 23.5 Å². The van der Waals surface area contributed by atoms with Crippen molar-refractivity contribution in [3.63, 3.8) is 0 Å². The van der Waals surface area contributed by atoms with Crippen LogP contribution in [0.5, 0.6) is 11.5 Å². The third-order valence-electron chi connectivity index (χ3n) is 1.61. The molecule has 0 heterocycles. The molecule has 0 radical (unpaired) electrons. The zero-order valence-corrected chi connectivity index (χ0v) is 10.5. The first kappa shape index (κ1) is 13.4. The Balaban J connectivity index is 3.01. The second-order valence-electron chi connectivity index (χ2n) is 2.73. The van der Waals surface area contributed by atoms with Gasteiger partial charge in [0.2, 0.25) is 0 Å². The minimum absolute atomic E-state index is 0.175. The zero-order valence-electron chi connectivity index (χ0n) is 8.06. The maximum atomic E-state index is 12.1. The molecule has 8 heteroatoms. The Hall–Kier alpha value is -0.650. The number of ether oxygens (including phenoxy) is 1. The first-order valence-corrected chi connectivity index (χ1v) is 6.44. The van der Waals surface area contributed by atoms with Gasteiger partial charge in [-0.2, -0.15) is 8.78 Å². The van der Waals surface area contributed by atoms with Gasteiger partial charge in [0.05, 0.1) is 11.6 Å². The quantitative estimate of drug-likeness (QED) is 0.866. The second kappa shape index (κ2) is 5.12. The molecule has 0 saturated carbocycles. The van der Waals surface area contributed by atoms with E-state index in [0.717, 1.165) is 0 Å². The van der Waals surface area contributed by atoms with Gasteiger partial charge in [-0.05, 0) is 28.1 Å². The van der Waals surface area contributed by atoms with Crippen molar-refractivity contribution in [1.82, 2.24) is 0 Å². The number of rotatable bonds is 4. The molecule has 1 aromatic carbocycles. The van der Waals surface area contributed by atoms with E-state index < -0.39 is 13.8 Å². The Morgan fingerprint density at radius 3 is 2.62 bits per heavy atom. The number of alkyl halides is 2. The second-order valence-corrected chi connectivity index (χ2v) is 5.28. The molecule has 0 spiro atoms. The molecule has 1 N–H and O–H groups in total. The molecular weight excluding hydrogens is 309 g/mol. The van der Waals surface area contributed by atoms with Gasteiger partial charge in [-0.3, -0.25) is 0 Å². The summed E-state index contributed by atoms with van der Waals surface area (Å²) in [5, 5.41) is 0. The van der Waals surface area contributed by atoms with E-state index >= 15 is 0 Å². The summed E-state index contributed by atoms with van der Waals surface area (Å²) >= 11 is 3.00. The first-order valence-electron chi connectivity index (χ1n) is 4.00. The average molecular weight is 317 g/mol. The van der Waals surface area contributed by atoms with Crippen molar-refractivity contribution in [2.75, 3.05) is 7.11 Å². The molecule has 0 saturated heterocycles. The van der Waals surface area contributed by atoms with Crippen LogP contribution in [0.25, 0.3) is 0 Å². The zero-order chi connectivity index (χ0) is 12.3. The Bertz CT molecular complexity index is 426. The molecule has 4 nitrogen and oxygen atoms in total. The van der Waals surface area contributed by atoms with Crippen molar-refractivity contribution in [3.05, 3.63) is 22.7 Å². The molecule has 0 aliphatic heterocycles. The topological polar surface area (TPSA) is 55.8 Å². The first-order chi connectivity index (χ1) is 7.36. The van der Waals surface area contributed by atoms with Crippen LogP contribution in [-0.4, -0.2) is 18.2 Å². The minimum Gasteiger partial charge on any atom is -0.497 e. The minimum atomic E-state index is -4.96. The number of methoxy groups -OCH3 is 1. The van der Waals surface area contributed by atoms with Crippen LogP contribution in [0.15, 0.2) is 22.7 Å². The van der Waals surface area contributed by atoms with Crippen LogP contribution in [0.1, 0.15) is 0 Å². The highest BCUT2D eigenvalue weighted by molar-refractivity contribution is 9.10. The summed E-state index contributed by atoms with van der Waals surface area (Å²) in [5.41, 5.74) is 0. The number of hydrogen-bond donors (Lipinski definition) is 1. The summed E-state index contributed by atoms with van der Waals surface area (Å²) in [5.74, 6) is 0.151. The Kier molecular flexibility index (Phi) is 4.29. The Morgan fingerprint density at radius 2 is 2.12 bits per heavy atom. The van der Waals surface area contributed by atoms with Crippen molar-refractivity contribution < 1.29 is 27.5 Å². The lowest BCUT2D eigenvalue weighted by molar-refractivity contribution is 0.188. The molecular formula is C8H8BrF2O4P. The lowest BCUT2D eigenvalue weighted by Crippen LogP contribution is -2.01. The fraction of sp³-hybridized carbons (Fsp3) is 0.250. The predicted molar refractivity (Wildman–Crippen MR) is 57.2 cm³/mol. The van der Waals surface area contributed by atoms with Crippen molar-refractivity contribution in [3.8, 4) is 11.5 Å². The van der Waals surface area contributed by atoms with E-state index in [1.54, 1.807) is 6.07 Å². The van der Waals surface area contributed by atoms with Crippen LogP contribution in [0.4, 0.5) is 8.78 Å². The Morgan fingerprint density at radius 1 is 1.50 bits per heavy atom.